The number of aliphatic hydroxyl groups excluding tert-OH is 1. The molecule has 1 heterocycles. The predicted molar refractivity (Wildman–Crippen MR) is 77.7 cm³/mol. The maximum atomic E-state index is 11.5. The van der Waals surface area contributed by atoms with Crippen LogP contribution >= 0.6 is 0 Å². The van der Waals surface area contributed by atoms with Crippen LogP contribution in [-0.4, -0.2) is 60.0 Å². The molecule has 5 heteroatoms. The Bertz CT molecular complexity index is 308. The zero-order valence-electron chi connectivity index (χ0n) is 13.0. The van der Waals surface area contributed by atoms with Gasteiger partial charge in [0.2, 0.25) is 0 Å². The van der Waals surface area contributed by atoms with Crippen molar-refractivity contribution >= 4 is 5.97 Å². The maximum absolute atomic E-state index is 11.5. The molecule has 0 amide bonds. The number of aliphatic hydroxyl groups is 1. The van der Waals surface area contributed by atoms with Crippen molar-refractivity contribution in [2.45, 2.75) is 46.1 Å². The third-order valence-corrected chi connectivity index (χ3v) is 4.33. The van der Waals surface area contributed by atoms with Crippen molar-refractivity contribution in [2.24, 2.45) is 11.3 Å². The SMILES string of the molecule is CCCCOCC(O)CN1CCC(C(=O)O)(C(C)C)C1. The number of unbranched alkanes of at least 4 members (excludes halogenated alkanes) is 1. The Balaban J connectivity index is 2.38. The van der Waals surface area contributed by atoms with E-state index in [1.807, 2.05) is 18.7 Å². The molecule has 0 bridgehead atoms. The Labute approximate surface area is 121 Å². The van der Waals surface area contributed by atoms with Crippen molar-refractivity contribution in [3.05, 3.63) is 0 Å². The highest BCUT2D eigenvalue weighted by Gasteiger charge is 2.47. The molecule has 118 valence electrons. The molecule has 1 rings (SSSR count). The second kappa shape index (κ2) is 7.96. The lowest BCUT2D eigenvalue weighted by molar-refractivity contribution is -0.151. The number of hydrogen-bond donors (Lipinski definition) is 2. The molecule has 1 aliphatic heterocycles. The Morgan fingerprint density at radius 2 is 2.15 bits per heavy atom. The van der Waals surface area contributed by atoms with E-state index in [0.29, 0.717) is 32.7 Å². The fraction of sp³-hybridized carbons (Fsp3) is 0.933. The molecule has 0 aromatic rings. The number of nitrogens with zero attached hydrogens (tertiary/aromatic N) is 1. The van der Waals surface area contributed by atoms with Gasteiger partial charge in [-0.05, 0) is 25.3 Å². The highest BCUT2D eigenvalue weighted by atomic mass is 16.5. The van der Waals surface area contributed by atoms with Crippen LogP contribution in [0.5, 0.6) is 0 Å². The molecule has 0 aromatic heterocycles. The Kier molecular flexibility index (Phi) is 6.92. The summed E-state index contributed by atoms with van der Waals surface area (Å²) in [7, 11) is 0. The second-order valence-electron chi connectivity index (χ2n) is 6.18. The number of likely N-dealkylation sites (tertiary alicyclic amines) is 1. The van der Waals surface area contributed by atoms with Gasteiger partial charge in [0.15, 0.2) is 0 Å². The molecular weight excluding hydrogens is 258 g/mol. The third kappa shape index (κ3) is 4.43. The van der Waals surface area contributed by atoms with Gasteiger partial charge in [-0.3, -0.25) is 9.69 Å². The van der Waals surface area contributed by atoms with Crippen LogP contribution in [0, 0.1) is 11.3 Å². The summed E-state index contributed by atoms with van der Waals surface area (Å²) in [5, 5.41) is 19.4. The third-order valence-electron chi connectivity index (χ3n) is 4.33. The first-order valence-electron chi connectivity index (χ1n) is 7.64. The van der Waals surface area contributed by atoms with Gasteiger partial charge in [-0.15, -0.1) is 0 Å². The molecule has 2 unspecified atom stereocenters. The van der Waals surface area contributed by atoms with E-state index in [0.717, 1.165) is 19.4 Å². The van der Waals surface area contributed by atoms with Crippen molar-refractivity contribution in [2.75, 3.05) is 32.8 Å². The molecule has 2 atom stereocenters. The van der Waals surface area contributed by atoms with Crippen LogP contribution in [-0.2, 0) is 9.53 Å². The van der Waals surface area contributed by atoms with E-state index in [1.54, 1.807) is 0 Å². The maximum Gasteiger partial charge on any atom is 0.311 e. The molecule has 1 saturated heterocycles. The van der Waals surface area contributed by atoms with Gasteiger partial charge < -0.3 is 14.9 Å². The van der Waals surface area contributed by atoms with Gasteiger partial charge in [0, 0.05) is 19.7 Å². The first-order valence-corrected chi connectivity index (χ1v) is 7.64. The molecule has 0 aromatic carbocycles. The Morgan fingerprint density at radius 3 is 2.65 bits per heavy atom. The van der Waals surface area contributed by atoms with Crippen molar-refractivity contribution < 1.29 is 19.7 Å². The number of ether oxygens (including phenoxy) is 1. The van der Waals surface area contributed by atoms with Crippen LogP contribution in [0.1, 0.15) is 40.0 Å². The van der Waals surface area contributed by atoms with E-state index in [1.165, 1.54) is 0 Å². The average Bonchev–Trinajstić information content (AvgIpc) is 2.80. The number of β-amino-alcohol motifs (C(OH)–C–C–N with tert-alkyl or cyclic N) is 1. The number of aliphatic carboxylic acids is 1. The summed E-state index contributed by atoms with van der Waals surface area (Å²) in [6.45, 7) is 8.78. The monoisotopic (exact) mass is 287 g/mol. The van der Waals surface area contributed by atoms with E-state index in [2.05, 4.69) is 6.92 Å². The average molecular weight is 287 g/mol. The molecule has 0 radical (unpaired) electrons. The molecule has 0 saturated carbocycles. The van der Waals surface area contributed by atoms with Crippen LogP contribution in [0.4, 0.5) is 0 Å². The lowest BCUT2D eigenvalue weighted by atomic mass is 9.76. The number of carbonyl (C=O) groups is 1. The smallest absolute Gasteiger partial charge is 0.311 e. The van der Waals surface area contributed by atoms with E-state index in [9.17, 15) is 15.0 Å². The highest BCUT2D eigenvalue weighted by molar-refractivity contribution is 5.75. The summed E-state index contributed by atoms with van der Waals surface area (Å²) in [5.74, 6) is -0.619. The fourth-order valence-corrected chi connectivity index (χ4v) is 2.78. The summed E-state index contributed by atoms with van der Waals surface area (Å²) in [5.41, 5.74) is -0.664. The summed E-state index contributed by atoms with van der Waals surface area (Å²) >= 11 is 0. The normalized spacial score (nSPS) is 25.2. The van der Waals surface area contributed by atoms with Gasteiger partial charge >= 0.3 is 5.97 Å². The molecule has 0 spiro atoms. The van der Waals surface area contributed by atoms with Gasteiger partial charge in [-0.2, -0.15) is 0 Å². The predicted octanol–water partition coefficient (Wildman–Crippen LogP) is 1.60. The molecule has 2 N–H and O–H groups in total. The molecule has 5 nitrogen and oxygen atoms in total. The van der Waals surface area contributed by atoms with Crippen molar-refractivity contribution in [3.63, 3.8) is 0 Å². The number of hydrogen-bond acceptors (Lipinski definition) is 4. The lowest BCUT2D eigenvalue weighted by Gasteiger charge is -2.29. The van der Waals surface area contributed by atoms with E-state index < -0.39 is 17.5 Å². The van der Waals surface area contributed by atoms with E-state index in [-0.39, 0.29) is 5.92 Å². The number of carboxylic acid groups (broad SMARTS) is 1. The van der Waals surface area contributed by atoms with E-state index >= 15 is 0 Å². The van der Waals surface area contributed by atoms with Crippen molar-refractivity contribution in [1.29, 1.82) is 0 Å². The molecule has 1 aliphatic rings. The van der Waals surface area contributed by atoms with E-state index in [4.69, 9.17) is 4.74 Å². The summed E-state index contributed by atoms with van der Waals surface area (Å²) in [6.07, 6.45) is 2.20. The summed E-state index contributed by atoms with van der Waals surface area (Å²) < 4.78 is 5.40. The van der Waals surface area contributed by atoms with Crippen LogP contribution < -0.4 is 0 Å². The molecule has 1 fully saturated rings. The standard InChI is InChI=1S/C15H29NO4/c1-4-5-8-20-10-13(17)9-16-7-6-15(11-16,12(2)3)14(18)19/h12-13,17H,4-11H2,1-3H3,(H,18,19). The Morgan fingerprint density at radius 1 is 1.45 bits per heavy atom. The van der Waals surface area contributed by atoms with Crippen molar-refractivity contribution in [1.82, 2.24) is 4.90 Å². The topological polar surface area (TPSA) is 70.0 Å². The quantitative estimate of drug-likeness (QED) is 0.630. The largest absolute Gasteiger partial charge is 0.481 e. The fourth-order valence-electron chi connectivity index (χ4n) is 2.78. The minimum atomic E-state index is -0.719. The second-order valence-corrected chi connectivity index (χ2v) is 6.18. The minimum absolute atomic E-state index is 0.1000. The van der Waals surface area contributed by atoms with Crippen LogP contribution in [0.15, 0.2) is 0 Å². The number of rotatable bonds is 9. The first-order chi connectivity index (χ1) is 9.42. The molecule has 20 heavy (non-hydrogen) atoms. The van der Waals surface area contributed by atoms with Crippen LogP contribution in [0.3, 0.4) is 0 Å². The number of carboxylic acids is 1. The zero-order valence-corrected chi connectivity index (χ0v) is 13.0. The Hall–Kier alpha value is -0.650. The first kappa shape index (κ1) is 17.4. The van der Waals surface area contributed by atoms with Gasteiger partial charge in [-0.1, -0.05) is 27.2 Å². The van der Waals surface area contributed by atoms with Gasteiger partial charge in [0.1, 0.15) is 0 Å². The van der Waals surface area contributed by atoms with Crippen LogP contribution in [0.2, 0.25) is 0 Å². The van der Waals surface area contributed by atoms with Crippen LogP contribution in [0.25, 0.3) is 0 Å². The lowest BCUT2D eigenvalue weighted by Crippen LogP contribution is -2.41. The summed E-state index contributed by atoms with van der Waals surface area (Å²) in [6, 6.07) is 0. The molecule has 0 aliphatic carbocycles. The van der Waals surface area contributed by atoms with Gasteiger partial charge in [-0.25, -0.2) is 0 Å². The van der Waals surface area contributed by atoms with Crippen molar-refractivity contribution in [3.8, 4) is 0 Å². The van der Waals surface area contributed by atoms with Gasteiger partial charge in [0.25, 0.3) is 0 Å². The minimum Gasteiger partial charge on any atom is -0.481 e. The van der Waals surface area contributed by atoms with Gasteiger partial charge in [0.05, 0.1) is 18.1 Å². The highest BCUT2D eigenvalue weighted by Crippen LogP contribution is 2.38. The molecular formula is C15H29NO4. The zero-order chi connectivity index (χ0) is 15.2. The summed E-state index contributed by atoms with van der Waals surface area (Å²) in [4.78, 5) is 13.6.